The molecule has 0 radical (unpaired) electrons. The van der Waals surface area contributed by atoms with Gasteiger partial charge in [-0.2, -0.15) is 0 Å². The van der Waals surface area contributed by atoms with Gasteiger partial charge in [0.2, 0.25) is 5.95 Å². The predicted octanol–water partition coefficient (Wildman–Crippen LogP) is 1.18. The quantitative estimate of drug-likeness (QED) is 0.910. The van der Waals surface area contributed by atoms with Gasteiger partial charge < -0.3 is 10.2 Å². The van der Waals surface area contributed by atoms with Gasteiger partial charge in [0.15, 0.2) is 0 Å². The Morgan fingerprint density at radius 3 is 2.74 bits per heavy atom. The molecule has 19 heavy (non-hydrogen) atoms. The average Bonchev–Trinajstić information content (AvgIpc) is 2.80. The van der Waals surface area contributed by atoms with Gasteiger partial charge in [0, 0.05) is 25.5 Å². The van der Waals surface area contributed by atoms with Crippen LogP contribution in [-0.4, -0.2) is 44.9 Å². The molecule has 0 aliphatic carbocycles. The van der Waals surface area contributed by atoms with E-state index < -0.39 is 0 Å². The first-order chi connectivity index (χ1) is 9.24. The van der Waals surface area contributed by atoms with Gasteiger partial charge in [-0.3, -0.25) is 4.79 Å². The summed E-state index contributed by atoms with van der Waals surface area (Å²) in [5.41, 5.74) is 2.51. The molecule has 3 heterocycles. The van der Waals surface area contributed by atoms with Gasteiger partial charge in [0.05, 0.1) is 17.2 Å². The van der Waals surface area contributed by atoms with Crippen molar-refractivity contribution < 1.29 is 4.79 Å². The molecule has 2 aromatic rings. The summed E-state index contributed by atoms with van der Waals surface area (Å²) in [6, 6.07) is 1.99. The summed E-state index contributed by atoms with van der Waals surface area (Å²) in [5.74, 6) is 0.667. The molecule has 98 valence electrons. The highest BCUT2D eigenvalue weighted by Crippen LogP contribution is 2.20. The molecule has 1 aliphatic heterocycles. The highest BCUT2D eigenvalue weighted by Gasteiger charge is 2.32. The Kier molecular flexibility index (Phi) is 3.12. The fraction of sp³-hybridized carbons (Fsp3) is 0.333. The summed E-state index contributed by atoms with van der Waals surface area (Å²) in [5, 5.41) is 3.19. The van der Waals surface area contributed by atoms with E-state index in [1.54, 1.807) is 28.9 Å². The predicted molar refractivity (Wildman–Crippen MR) is 72.2 cm³/mol. The summed E-state index contributed by atoms with van der Waals surface area (Å²) in [6.07, 6.45) is 3.38. The number of thiazole rings is 1. The molecule has 0 aromatic carbocycles. The van der Waals surface area contributed by atoms with Crippen molar-refractivity contribution in [1.82, 2.24) is 19.9 Å². The van der Waals surface area contributed by atoms with Crippen LogP contribution in [0.1, 0.15) is 15.4 Å². The minimum Gasteiger partial charge on any atom is -0.348 e. The van der Waals surface area contributed by atoms with E-state index in [2.05, 4.69) is 20.3 Å². The number of aryl methyl sites for hydroxylation is 1. The largest absolute Gasteiger partial charge is 0.348 e. The first-order valence-corrected chi connectivity index (χ1v) is 6.85. The number of carbonyl (C=O) groups excluding carboxylic acids is 1. The molecule has 0 saturated carbocycles. The number of amides is 1. The van der Waals surface area contributed by atoms with Gasteiger partial charge in [-0.05, 0) is 13.0 Å². The van der Waals surface area contributed by atoms with Crippen molar-refractivity contribution in [3.63, 3.8) is 0 Å². The maximum Gasteiger partial charge on any atom is 0.265 e. The van der Waals surface area contributed by atoms with E-state index in [9.17, 15) is 4.79 Å². The van der Waals surface area contributed by atoms with Crippen molar-refractivity contribution in [3.8, 4) is 0 Å². The Balaban J connectivity index is 1.56. The van der Waals surface area contributed by atoms with Crippen LogP contribution in [0.2, 0.25) is 0 Å². The van der Waals surface area contributed by atoms with Crippen LogP contribution in [0.5, 0.6) is 0 Å². The lowest BCUT2D eigenvalue weighted by Crippen LogP contribution is -2.57. The number of nitrogens with zero attached hydrogens (tertiary/aromatic N) is 4. The van der Waals surface area contributed by atoms with E-state index in [1.807, 2.05) is 6.92 Å². The average molecular weight is 275 g/mol. The highest BCUT2D eigenvalue weighted by molar-refractivity contribution is 7.11. The lowest BCUT2D eigenvalue weighted by Gasteiger charge is -2.39. The van der Waals surface area contributed by atoms with Crippen LogP contribution in [0, 0.1) is 6.92 Å². The molecule has 6 nitrogen and oxygen atoms in total. The molecule has 0 atom stereocenters. The van der Waals surface area contributed by atoms with Crippen molar-refractivity contribution in [2.75, 3.05) is 18.4 Å². The standard InChI is InChI=1S/C12H13N5OS/c1-8-10(19-7-15-8)11(18)17-5-9(6-17)16-12-13-3-2-4-14-12/h2-4,7,9H,5-6H2,1H3,(H,13,14,16). The topological polar surface area (TPSA) is 71.0 Å². The normalized spacial score (nSPS) is 15.1. The minimum atomic E-state index is 0.0621. The maximum absolute atomic E-state index is 12.1. The third kappa shape index (κ3) is 2.41. The monoisotopic (exact) mass is 275 g/mol. The summed E-state index contributed by atoms with van der Waals surface area (Å²) in [6.45, 7) is 3.21. The zero-order valence-corrected chi connectivity index (χ0v) is 11.2. The van der Waals surface area contributed by atoms with Gasteiger partial charge in [-0.1, -0.05) is 0 Å². The van der Waals surface area contributed by atoms with E-state index in [0.717, 1.165) is 10.6 Å². The van der Waals surface area contributed by atoms with E-state index >= 15 is 0 Å². The lowest BCUT2D eigenvalue weighted by atomic mass is 10.1. The van der Waals surface area contributed by atoms with E-state index in [0.29, 0.717) is 19.0 Å². The molecular weight excluding hydrogens is 262 g/mol. The summed E-state index contributed by atoms with van der Waals surface area (Å²) >= 11 is 1.39. The van der Waals surface area contributed by atoms with Crippen LogP contribution >= 0.6 is 11.3 Å². The molecule has 1 saturated heterocycles. The third-order valence-corrected chi connectivity index (χ3v) is 3.92. The molecule has 0 unspecified atom stereocenters. The number of hydrogen-bond donors (Lipinski definition) is 1. The number of hydrogen-bond acceptors (Lipinski definition) is 6. The zero-order valence-electron chi connectivity index (χ0n) is 10.4. The summed E-state index contributed by atoms with van der Waals surface area (Å²) in [7, 11) is 0. The van der Waals surface area contributed by atoms with Crippen molar-refractivity contribution in [2.45, 2.75) is 13.0 Å². The van der Waals surface area contributed by atoms with Gasteiger partial charge in [-0.25, -0.2) is 15.0 Å². The van der Waals surface area contributed by atoms with Crippen molar-refractivity contribution in [1.29, 1.82) is 0 Å². The number of aromatic nitrogens is 3. The Morgan fingerprint density at radius 2 is 2.11 bits per heavy atom. The molecule has 7 heteroatoms. The summed E-state index contributed by atoms with van der Waals surface area (Å²) < 4.78 is 0. The Hall–Kier alpha value is -2.02. The molecule has 2 aromatic heterocycles. The fourth-order valence-electron chi connectivity index (χ4n) is 1.94. The van der Waals surface area contributed by atoms with E-state index in [4.69, 9.17) is 0 Å². The SMILES string of the molecule is Cc1ncsc1C(=O)N1CC(Nc2ncccn2)C1. The molecular formula is C12H13N5OS. The van der Waals surface area contributed by atoms with Gasteiger partial charge >= 0.3 is 0 Å². The van der Waals surface area contributed by atoms with Gasteiger partial charge in [0.1, 0.15) is 4.88 Å². The van der Waals surface area contributed by atoms with Crippen molar-refractivity contribution in [2.24, 2.45) is 0 Å². The molecule has 3 rings (SSSR count). The first kappa shape index (κ1) is 12.0. The second kappa shape index (κ2) is 4.93. The summed E-state index contributed by atoms with van der Waals surface area (Å²) in [4.78, 5) is 27.0. The molecule has 0 spiro atoms. The lowest BCUT2D eigenvalue weighted by molar-refractivity contribution is 0.0628. The molecule has 1 aliphatic rings. The Morgan fingerprint density at radius 1 is 1.37 bits per heavy atom. The van der Waals surface area contributed by atoms with Crippen molar-refractivity contribution in [3.05, 3.63) is 34.5 Å². The number of rotatable bonds is 3. The van der Waals surface area contributed by atoms with Crippen LogP contribution in [0.4, 0.5) is 5.95 Å². The number of nitrogens with one attached hydrogen (secondary N) is 1. The Labute approximate surface area is 114 Å². The minimum absolute atomic E-state index is 0.0621. The van der Waals surface area contributed by atoms with Crippen molar-refractivity contribution >= 4 is 23.2 Å². The highest BCUT2D eigenvalue weighted by atomic mass is 32.1. The number of anilines is 1. The zero-order chi connectivity index (χ0) is 13.2. The van der Waals surface area contributed by atoms with Gasteiger partial charge in [-0.15, -0.1) is 11.3 Å². The van der Waals surface area contributed by atoms with E-state index in [1.165, 1.54) is 11.3 Å². The Bertz CT molecular complexity index is 579. The first-order valence-electron chi connectivity index (χ1n) is 5.97. The molecule has 1 N–H and O–H groups in total. The smallest absolute Gasteiger partial charge is 0.265 e. The van der Waals surface area contributed by atoms with Crippen LogP contribution < -0.4 is 5.32 Å². The second-order valence-corrected chi connectivity index (χ2v) is 5.25. The second-order valence-electron chi connectivity index (χ2n) is 4.39. The third-order valence-electron chi connectivity index (χ3n) is 3.01. The number of carbonyl (C=O) groups is 1. The maximum atomic E-state index is 12.1. The number of likely N-dealkylation sites (tertiary alicyclic amines) is 1. The van der Waals surface area contributed by atoms with E-state index in [-0.39, 0.29) is 11.9 Å². The van der Waals surface area contributed by atoms with Crippen LogP contribution in [0.15, 0.2) is 24.0 Å². The fourth-order valence-corrected chi connectivity index (χ4v) is 2.71. The molecule has 1 amide bonds. The molecule has 1 fully saturated rings. The molecule has 0 bridgehead atoms. The van der Waals surface area contributed by atoms with Crippen LogP contribution in [0.25, 0.3) is 0 Å². The van der Waals surface area contributed by atoms with Crippen LogP contribution in [0.3, 0.4) is 0 Å². The van der Waals surface area contributed by atoms with Gasteiger partial charge in [0.25, 0.3) is 5.91 Å². The van der Waals surface area contributed by atoms with Crippen LogP contribution in [-0.2, 0) is 0 Å².